The van der Waals surface area contributed by atoms with E-state index in [1.807, 2.05) is 18.2 Å². The first kappa shape index (κ1) is 17.4. The van der Waals surface area contributed by atoms with Gasteiger partial charge in [-0.15, -0.1) is 0 Å². The Morgan fingerprint density at radius 3 is 2.41 bits per heavy atom. The smallest absolute Gasteiger partial charge is 0.274 e. The minimum atomic E-state index is -0.542. The molecule has 2 N–H and O–H groups in total. The van der Waals surface area contributed by atoms with E-state index in [2.05, 4.69) is 22.9 Å². The number of anilines is 1. The molecule has 0 unspecified atom stereocenters. The van der Waals surface area contributed by atoms with Crippen LogP contribution in [-0.4, -0.2) is 59.2 Å². The number of benzene rings is 2. The maximum atomic E-state index is 11.5. The number of hydrogen-bond acceptors (Lipinski definition) is 6. The molecule has 7 nitrogen and oxygen atoms in total. The Labute approximate surface area is 157 Å². The van der Waals surface area contributed by atoms with Gasteiger partial charge in [0.15, 0.2) is 5.82 Å². The zero-order chi connectivity index (χ0) is 18.8. The van der Waals surface area contributed by atoms with E-state index in [-0.39, 0.29) is 0 Å². The SMILES string of the molecule is CN1CCN(c2nc(-c3ccc(C(=O)NO)cc3)nc3ccccc23)CC1. The van der Waals surface area contributed by atoms with Gasteiger partial charge in [0.2, 0.25) is 0 Å². The van der Waals surface area contributed by atoms with Crippen molar-refractivity contribution >= 4 is 22.6 Å². The first-order chi connectivity index (χ1) is 13.2. The Morgan fingerprint density at radius 1 is 1.00 bits per heavy atom. The molecule has 1 fully saturated rings. The van der Waals surface area contributed by atoms with Crippen molar-refractivity contribution in [2.24, 2.45) is 0 Å². The molecule has 3 aromatic rings. The summed E-state index contributed by atoms with van der Waals surface area (Å²) in [4.78, 5) is 25.7. The highest BCUT2D eigenvalue weighted by Gasteiger charge is 2.19. The van der Waals surface area contributed by atoms with E-state index in [1.54, 1.807) is 29.7 Å². The van der Waals surface area contributed by atoms with E-state index < -0.39 is 5.91 Å². The number of nitrogens with zero attached hydrogens (tertiary/aromatic N) is 4. The standard InChI is InChI=1S/C20H21N5O2/c1-24-10-12-25(13-11-24)19-16-4-2-3-5-17(16)21-18(22-19)14-6-8-15(9-7-14)20(26)23-27/h2-9,27H,10-13H2,1H3,(H,23,26). The van der Waals surface area contributed by atoms with Gasteiger partial charge in [-0.3, -0.25) is 10.0 Å². The van der Waals surface area contributed by atoms with Gasteiger partial charge in [-0.05, 0) is 31.3 Å². The topological polar surface area (TPSA) is 81.6 Å². The number of amides is 1. The van der Waals surface area contributed by atoms with Crippen molar-refractivity contribution in [1.29, 1.82) is 0 Å². The lowest BCUT2D eigenvalue weighted by Gasteiger charge is -2.33. The van der Waals surface area contributed by atoms with Gasteiger partial charge in [-0.25, -0.2) is 15.4 Å². The second-order valence-electron chi connectivity index (χ2n) is 6.70. The molecule has 7 heteroatoms. The fraction of sp³-hybridized carbons (Fsp3) is 0.250. The molecule has 0 radical (unpaired) electrons. The van der Waals surface area contributed by atoms with E-state index in [9.17, 15) is 4.79 Å². The molecule has 138 valence electrons. The number of rotatable bonds is 3. The molecule has 27 heavy (non-hydrogen) atoms. The summed E-state index contributed by atoms with van der Waals surface area (Å²) in [6, 6.07) is 14.9. The molecule has 2 aromatic carbocycles. The van der Waals surface area contributed by atoms with E-state index in [0.29, 0.717) is 11.4 Å². The van der Waals surface area contributed by atoms with E-state index in [1.165, 1.54) is 0 Å². The van der Waals surface area contributed by atoms with Gasteiger partial charge >= 0.3 is 0 Å². The normalized spacial score (nSPS) is 15.1. The number of likely N-dealkylation sites (N-methyl/N-ethyl adjacent to an activating group) is 1. The van der Waals surface area contributed by atoms with Crippen molar-refractivity contribution in [1.82, 2.24) is 20.3 Å². The Morgan fingerprint density at radius 2 is 1.70 bits per heavy atom. The lowest BCUT2D eigenvalue weighted by Crippen LogP contribution is -2.45. The molecule has 0 saturated carbocycles. The zero-order valence-corrected chi connectivity index (χ0v) is 15.1. The predicted molar refractivity (Wildman–Crippen MR) is 104 cm³/mol. The fourth-order valence-electron chi connectivity index (χ4n) is 3.28. The zero-order valence-electron chi connectivity index (χ0n) is 15.1. The van der Waals surface area contributed by atoms with Crippen molar-refractivity contribution in [3.05, 3.63) is 54.1 Å². The number of carbonyl (C=O) groups excluding carboxylic acids is 1. The van der Waals surface area contributed by atoms with Crippen molar-refractivity contribution in [2.45, 2.75) is 0 Å². The molecule has 1 aliphatic rings. The van der Waals surface area contributed by atoms with Gasteiger partial charge in [0, 0.05) is 42.7 Å². The molecule has 0 atom stereocenters. The van der Waals surface area contributed by atoms with Gasteiger partial charge in [0.25, 0.3) is 5.91 Å². The van der Waals surface area contributed by atoms with Gasteiger partial charge in [0.1, 0.15) is 5.82 Å². The molecule has 1 saturated heterocycles. The van der Waals surface area contributed by atoms with Crippen LogP contribution in [0.1, 0.15) is 10.4 Å². The number of piperazine rings is 1. The largest absolute Gasteiger partial charge is 0.353 e. The number of para-hydroxylation sites is 1. The van der Waals surface area contributed by atoms with Crippen LogP contribution >= 0.6 is 0 Å². The third-order valence-electron chi connectivity index (χ3n) is 4.89. The summed E-state index contributed by atoms with van der Waals surface area (Å²) in [7, 11) is 2.13. The van der Waals surface area contributed by atoms with E-state index >= 15 is 0 Å². The number of hydrogen-bond donors (Lipinski definition) is 2. The molecule has 0 spiro atoms. The van der Waals surface area contributed by atoms with Gasteiger partial charge in [-0.2, -0.15) is 0 Å². The quantitative estimate of drug-likeness (QED) is 0.548. The van der Waals surface area contributed by atoms with Gasteiger partial charge < -0.3 is 9.80 Å². The second-order valence-corrected chi connectivity index (χ2v) is 6.70. The lowest BCUT2D eigenvalue weighted by atomic mass is 10.1. The molecule has 0 aliphatic carbocycles. The third-order valence-corrected chi connectivity index (χ3v) is 4.89. The average Bonchev–Trinajstić information content (AvgIpc) is 2.73. The molecule has 1 amide bonds. The van der Waals surface area contributed by atoms with Crippen LogP contribution in [0, 0.1) is 0 Å². The summed E-state index contributed by atoms with van der Waals surface area (Å²) in [6.07, 6.45) is 0. The number of fused-ring (bicyclic) bond motifs is 1. The molecular weight excluding hydrogens is 342 g/mol. The summed E-state index contributed by atoms with van der Waals surface area (Å²) in [5.41, 5.74) is 3.74. The second kappa shape index (κ2) is 7.30. The summed E-state index contributed by atoms with van der Waals surface area (Å²) >= 11 is 0. The highest BCUT2D eigenvalue weighted by Crippen LogP contribution is 2.28. The number of nitrogens with one attached hydrogen (secondary N) is 1. The minimum Gasteiger partial charge on any atom is -0.353 e. The molecule has 1 aliphatic heterocycles. The number of aromatic nitrogens is 2. The molecule has 2 heterocycles. The fourth-order valence-corrected chi connectivity index (χ4v) is 3.28. The number of hydroxylamine groups is 1. The van der Waals surface area contributed by atoms with Crippen molar-refractivity contribution < 1.29 is 10.0 Å². The summed E-state index contributed by atoms with van der Waals surface area (Å²) < 4.78 is 0. The van der Waals surface area contributed by atoms with Crippen LogP contribution in [0.15, 0.2) is 48.5 Å². The Balaban J connectivity index is 1.76. The van der Waals surface area contributed by atoms with Crippen molar-refractivity contribution in [2.75, 3.05) is 38.1 Å². The average molecular weight is 363 g/mol. The maximum Gasteiger partial charge on any atom is 0.274 e. The van der Waals surface area contributed by atoms with Crippen molar-refractivity contribution in [3.63, 3.8) is 0 Å². The van der Waals surface area contributed by atoms with E-state index in [4.69, 9.17) is 15.2 Å². The monoisotopic (exact) mass is 363 g/mol. The summed E-state index contributed by atoms with van der Waals surface area (Å²) in [6.45, 7) is 3.84. The van der Waals surface area contributed by atoms with Crippen LogP contribution < -0.4 is 10.4 Å². The Hall–Kier alpha value is -3.03. The highest BCUT2D eigenvalue weighted by atomic mass is 16.5. The number of carbonyl (C=O) groups is 1. The summed E-state index contributed by atoms with van der Waals surface area (Å²) in [5.74, 6) is 1.03. The van der Waals surface area contributed by atoms with Crippen LogP contribution in [-0.2, 0) is 0 Å². The Kier molecular flexibility index (Phi) is 4.70. The van der Waals surface area contributed by atoms with Crippen LogP contribution in [0.5, 0.6) is 0 Å². The van der Waals surface area contributed by atoms with Gasteiger partial charge in [-0.1, -0.05) is 24.3 Å². The van der Waals surface area contributed by atoms with Crippen molar-refractivity contribution in [3.8, 4) is 11.4 Å². The lowest BCUT2D eigenvalue weighted by molar-refractivity contribution is 0.0706. The molecule has 0 bridgehead atoms. The van der Waals surface area contributed by atoms with Gasteiger partial charge in [0.05, 0.1) is 5.52 Å². The Bertz CT molecular complexity index is 966. The molecular formula is C20H21N5O2. The summed E-state index contributed by atoms with van der Waals surface area (Å²) in [5, 5.41) is 9.80. The van der Waals surface area contributed by atoms with Crippen LogP contribution in [0.3, 0.4) is 0 Å². The molecule has 1 aromatic heterocycles. The molecule has 4 rings (SSSR count). The third kappa shape index (κ3) is 3.47. The predicted octanol–water partition coefficient (Wildman–Crippen LogP) is 2.17. The van der Waals surface area contributed by atoms with E-state index in [0.717, 1.165) is 48.5 Å². The first-order valence-electron chi connectivity index (χ1n) is 8.91. The highest BCUT2D eigenvalue weighted by molar-refractivity contribution is 5.94. The van der Waals surface area contributed by atoms with Crippen LogP contribution in [0.4, 0.5) is 5.82 Å². The minimum absolute atomic E-state index is 0.376. The first-order valence-corrected chi connectivity index (χ1v) is 8.91. The maximum absolute atomic E-state index is 11.5. The van der Waals surface area contributed by atoms with Crippen LogP contribution in [0.2, 0.25) is 0 Å². The van der Waals surface area contributed by atoms with Crippen LogP contribution in [0.25, 0.3) is 22.3 Å².